The van der Waals surface area contributed by atoms with Crippen molar-refractivity contribution in [2.24, 2.45) is 0 Å². The minimum Gasteiger partial charge on any atom is -0.384 e. The lowest BCUT2D eigenvalue weighted by atomic mass is 10.1. The fraction of sp³-hybridized carbons (Fsp3) is 0.0667. The van der Waals surface area contributed by atoms with E-state index in [1.54, 1.807) is 6.33 Å². The third kappa shape index (κ3) is 2.11. The Kier molecular flexibility index (Phi) is 3.07. The van der Waals surface area contributed by atoms with E-state index >= 15 is 0 Å². The standard InChI is InChI=1S/C15H13N5.ClH/c1-8-2-3-11-9(4-8)5-12(19-11)10-6-13(16)20-15-14(10)17-7-18-15;/h2-7,19H,1H3,(H3,16,17,18,20);1H. The average molecular weight is 300 g/mol. The highest BCUT2D eigenvalue weighted by atomic mass is 35.5. The van der Waals surface area contributed by atoms with Gasteiger partial charge in [0.1, 0.15) is 5.82 Å². The van der Waals surface area contributed by atoms with Gasteiger partial charge in [0.2, 0.25) is 0 Å². The fourth-order valence-electron chi connectivity index (χ4n) is 2.55. The molecule has 0 bridgehead atoms. The molecule has 0 unspecified atom stereocenters. The number of nitrogen functional groups attached to an aromatic ring is 1. The number of imidazole rings is 1. The first-order valence-corrected chi connectivity index (χ1v) is 6.40. The Morgan fingerprint density at radius 2 is 2.00 bits per heavy atom. The molecule has 1 aromatic carbocycles. The Hall–Kier alpha value is -2.53. The van der Waals surface area contributed by atoms with E-state index in [1.807, 2.05) is 6.07 Å². The first-order chi connectivity index (χ1) is 9.70. The van der Waals surface area contributed by atoms with Crippen LogP contribution in [0.2, 0.25) is 0 Å². The zero-order valence-electron chi connectivity index (χ0n) is 11.3. The number of aromatic amines is 2. The maximum atomic E-state index is 5.86. The number of H-pyrrole nitrogens is 2. The molecule has 0 aliphatic rings. The lowest BCUT2D eigenvalue weighted by Gasteiger charge is -2.01. The van der Waals surface area contributed by atoms with Crippen LogP contribution in [0.4, 0.5) is 5.82 Å². The predicted octanol–water partition coefficient (Wildman–Crippen LogP) is 3.42. The summed E-state index contributed by atoms with van der Waals surface area (Å²) in [5, 5.41) is 1.18. The molecule has 4 rings (SSSR count). The van der Waals surface area contributed by atoms with Gasteiger partial charge in [0, 0.05) is 22.2 Å². The number of aromatic nitrogens is 4. The Labute approximate surface area is 127 Å². The van der Waals surface area contributed by atoms with Crippen LogP contribution in [0.15, 0.2) is 36.7 Å². The molecule has 0 fully saturated rings. The highest BCUT2D eigenvalue weighted by molar-refractivity contribution is 5.95. The molecule has 0 amide bonds. The molecule has 6 heteroatoms. The topological polar surface area (TPSA) is 83.4 Å². The molecular formula is C15H14ClN5. The average Bonchev–Trinajstić information content (AvgIpc) is 3.02. The van der Waals surface area contributed by atoms with Crippen molar-refractivity contribution in [2.75, 3.05) is 5.73 Å². The first kappa shape index (κ1) is 13.5. The van der Waals surface area contributed by atoms with Crippen LogP contribution in [0.25, 0.3) is 33.3 Å². The molecule has 3 aromatic heterocycles. The summed E-state index contributed by atoms with van der Waals surface area (Å²) < 4.78 is 0. The molecule has 106 valence electrons. The summed E-state index contributed by atoms with van der Waals surface area (Å²) in [4.78, 5) is 14.9. The molecule has 0 saturated heterocycles. The molecule has 3 heterocycles. The van der Waals surface area contributed by atoms with Crippen molar-refractivity contribution in [1.29, 1.82) is 0 Å². The lowest BCUT2D eigenvalue weighted by molar-refractivity contribution is 1.31. The van der Waals surface area contributed by atoms with Crippen molar-refractivity contribution < 1.29 is 0 Å². The number of rotatable bonds is 1. The summed E-state index contributed by atoms with van der Waals surface area (Å²) in [5.74, 6) is 0.467. The monoisotopic (exact) mass is 299 g/mol. The van der Waals surface area contributed by atoms with E-state index in [4.69, 9.17) is 5.73 Å². The van der Waals surface area contributed by atoms with Gasteiger partial charge in [-0.05, 0) is 31.2 Å². The number of anilines is 1. The number of pyridine rings is 1. The van der Waals surface area contributed by atoms with Gasteiger partial charge in [-0.25, -0.2) is 9.97 Å². The number of nitrogens with one attached hydrogen (secondary N) is 2. The van der Waals surface area contributed by atoms with Gasteiger partial charge in [-0.1, -0.05) is 11.6 Å². The van der Waals surface area contributed by atoms with E-state index in [1.165, 1.54) is 10.9 Å². The van der Waals surface area contributed by atoms with Gasteiger partial charge in [0.05, 0.1) is 11.8 Å². The second-order valence-electron chi connectivity index (χ2n) is 4.97. The van der Waals surface area contributed by atoms with Crippen LogP contribution in [0, 0.1) is 6.92 Å². The van der Waals surface area contributed by atoms with E-state index < -0.39 is 0 Å². The summed E-state index contributed by atoms with van der Waals surface area (Å²) in [6.07, 6.45) is 1.63. The maximum Gasteiger partial charge on any atom is 0.180 e. The smallest absolute Gasteiger partial charge is 0.180 e. The van der Waals surface area contributed by atoms with Crippen LogP contribution < -0.4 is 5.73 Å². The molecular weight excluding hydrogens is 286 g/mol. The number of halogens is 1. The van der Waals surface area contributed by atoms with E-state index in [9.17, 15) is 0 Å². The lowest BCUT2D eigenvalue weighted by Crippen LogP contribution is -1.92. The molecule has 0 radical (unpaired) electrons. The van der Waals surface area contributed by atoms with Crippen LogP contribution >= 0.6 is 12.4 Å². The maximum absolute atomic E-state index is 5.86. The minimum absolute atomic E-state index is 0. The SMILES string of the molecule is Cc1ccc2[nH]c(-c3cc(N)nc4nc[nH]c34)cc2c1.Cl. The van der Waals surface area contributed by atoms with Crippen molar-refractivity contribution in [3.05, 3.63) is 42.2 Å². The van der Waals surface area contributed by atoms with E-state index in [0.717, 1.165) is 22.3 Å². The van der Waals surface area contributed by atoms with Gasteiger partial charge >= 0.3 is 0 Å². The molecule has 0 spiro atoms. The summed E-state index contributed by atoms with van der Waals surface area (Å²) in [7, 11) is 0. The van der Waals surface area contributed by atoms with Gasteiger partial charge in [-0.2, -0.15) is 0 Å². The number of fused-ring (bicyclic) bond motifs is 2. The highest BCUT2D eigenvalue weighted by Crippen LogP contribution is 2.29. The largest absolute Gasteiger partial charge is 0.384 e. The number of aryl methyl sites for hydroxylation is 1. The number of nitrogens with zero attached hydrogens (tertiary/aromatic N) is 2. The van der Waals surface area contributed by atoms with Crippen molar-refractivity contribution in [3.63, 3.8) is 0 Å². The van der Waals surface area contributed by atoms with Crippen molar-refractivity contribution in [3.8, 4) is 11.3 Å². The van der Waals surface area contributed by atoms with Gasteiger partial charge in [-0.15, -0.1) is 12.4 Å². The Morgan fingerprint density at radius 3 is 2.86 bits per heavy atom. The number of benzene rings is 1. The van der Waals surface area contributed by atoms with Crippen LogP contribution in [0.3, 0.4) is 0 Å². The molecule has 4 N–H and O–H groups in total. The number of hydrogen-bond acceptors (Lipinski definition) is 3. The van der Waals surface area contributed by atoms with Crippen LogP contribution in [0.1, 0.15) is 5.56 Å². The predicted molar refractivity (Wildman–Crippen MR) is 87.6 cm³/mol. The van der Waals surface area contributed by atoms with E-state index in [0.29, 0.717) is 11.5 Å². The normalized spacial score (nSPS) is 10.9. The van der Waals surface area contributed by atoms with Crippen molar-refractivity contribution in [2.45, 2.75) is 6.92 Å². The molecule has 0 aliphatic heterocycles. The van der Waals surface area contributed by atoms with Crippen LogP contribution in [0.5, 0.6) is 0 Å². The van der Waals surface area contributed by atoms with Crippen molar-refractivity contribution >= 4 is 40.3 Å². The van der Waals surface area contributed by atoms with Gasteiger partial charge < -0.3 is 15.7 Å². The zero-order valence-corrected chi connectivity index (χ0v) is 12.2. The third-order valence-corrected chi connectivity index (χ3v) is 3.48. The Morgan fingerprint density at radius 1 is 1.14 bits per heavy atom. The molecule has 0 atom stereocenters. The summed E-state index contributed by atoms with van der Waals surface area (Å²) in [5.41, 5.74) is 11.7. The molecule has 21 heavy (non-hydrogen) atoms. The van der Waals surface area contributed by atoms with Crippen molar-refractivity contribution in [1.82, 2.24) is 19.9 Å². The van der Waals surface area contributed by atoms with Gasteiger partial charge in [-0.3, -0.25) is 0 Å². The summed E-state index contributed by atoms with van der Waals surface area (Å²) in [6, 6.07) is 10.3. The number of nitrogens with two attached hydrogens (primary N) is 1. The molecule has 0 saturated carbocycles. The zero-order chi connectivity index (χ0) is 13.7. The first-order valence-electron chi connectivity index (χ1n) is 6.40. The second-order valence-corrected chi connectivity index (χ2v) is 4.97. The fourth-order valence-corrected chi connectivity index (χ4v) is 2.55. The molecule has 0 aliphatic carbocycles. The van der Waals surface area contributed by atoms with E-state index in [-0.39, 0.29) is 12.4 Å². The second kappa shape index (κ2) is 4.79. The van der Waals surface area contributed by atoms with Gasteiger partial charge in [0.25, 0.3) is 0 Å². The Bertz CT molecular complexity index is 938. The quantitative estimate of drug-likeness (QED) is 0.503. The minimum atomic E-state index is 0. The molecule has 4 aromatic rings. The van der Waals surface area contributed by atoms with Crippen LogP contribution in [-0.2, 0) is 0 Å². The summed E-state index contributed by atoms with van der Waals surface area (Å²) >= 11 is 0. The van der Waals surface area contributed by atoms with Gasteiger partial charge in [0.15, 0.2) is 5.65 Å². The van der Waals surface area contributed by atoms with E-state index in [2.05, 4.69) is 51.1 Å². The molecule has 5 nitrogen and oxygen atoms in total. The Balaban J connectivity index is 0.00000132. The summed E-state index contributed by atoms with van der Waals surface area (Å²) in [6.45, 7) is 2.09. The third-order valence-electron chi connectivity index (χ3n) is 3.48. The highest BCUT2D eigenvalue weighted by Gasteiger charge is 2.11. The number of hydrogen-bond donors (Lipinski definition) is 3. The van der Waals surface area contributed by atoms with Crippen LogP contribution in [-0.4, -0.2) is 19.9 Å².